The molecule has 0 radical (unpaired) electrons. The van der Waals surface area contributed by atoms with Gasteiger partial charge in [0.1, 0.15) is 12.3 Å². The molecule has 0 bridgehead atoms. The molecule has 2 amide bonds. The number of rotatable bonds is 8. The van der Waals surface area contributed by atoms with Gasteiger partial charge in [0.25, 0.3) is 0 Å². The first-order valence-corrected chi connectivity index (χ1v) is 14.5. The first-order valence-electron chi connectivity index (χ1n) is 9.18. The van der Waals surface area contributed by atoms with Crippen molar-refractivity contribution in [1.82, 2.24) is 9.21 Å². The number of ether oxygens (including phenoxy) is 2. The van der Waals surface area contributed by atoms with Gasteiger partial charge in [-0.3, -0.25) is 4.79 Å². The number of hydrogen-bond acceptors (Lipinski definition) is 6. The summed E-state index contributed by atoms with van der Waals surface area (Å²) in [6.45, 7) is 11.3. The van der Waals surface area contributed by atoms with E-state index in [2.05, 4.69) is 19.6 Å². The Bertz CT molecular complexity index is 639. The molecule has 1 aliphatic heterocycles. The van der Waals surface area contributed by atoms with Crippen LogP contribution in [0.4, 0.5) is 4.79 Å². The first-order chi connectivity index (χ1) is 12.2. The monoisotopic (exact) mass is 422 g/mol. The molecule has 8 nitrogen and oxygen atoms in total. The third-order valence-corrected chi connectivity index (χ3v) is 7.94. The van der Waals surface area contributed by atoms with Crippen molar-refractivity contribution in [2.45, 2.75) is 70.9 Å². The van der Waals surface area contributed by atoms with Gasteiger partial charge in [-0.15, -0.1) is 0 Å². The van der Waals surface area contributed by atoms with Crippen LogP contribution < -0.4 is 0 Å². The van der Waals surface area contributed by atoms with Gasteiger partial charge in [0.05, 0.1) is 18.3 Å². The van der Waals surface area contributed by atoms with E-state index in [4.69, 9.17) is 9.47 Å². The summed E-state index contributed by atoms with van der Waals surface area (Å²) in [7, 11) is -4.00. The summed E-state index contributed by atoms with van der Waals surface area (Å²) in [5.41, 5.74) is -0.818. The van der Waals surface area contributed by atoms with Crippen molar-refractivity contribution in [3.8, 4) is 0 Å². The largest absolute Gasteiger partial charge is 0.443 e. The number of hydrogen-bond donors (Lipinski definition) is 0. The van der Waals surface area contributed by atoms with Crippen LogP contribution in [0, 0.1) is 0 Å². The maximum Gasteiger partial charge on any atom is 0.424 e. The average molecular weight is 423 g/mol. The molecule has 0 aromatic carbocycles. The van der Waals surface area contributed by atoms with E-state index in [1.807, 2.05) is 0 Å². The maximum atomic E-state index is 13.0. The fourth-order valence-electron chi connectivity index (χ4n) is 2.65. The molecule has 0 aromatic rings. The van der Waals surface area contributed by atoms with Crippen molar-refractivity contribution in [3.05, 3.63) is 0 Å². The predicted octanol–water partition coefficient (Wildman–Crippen LogP) is 2.49. The standard InChI is InChI=1S/C17H34N2O6SSi/c1-17(2,3)25-16(21)19(26(22,23)10-11-27(5,6)7)12-14-8-9-15(20)18(14)13-24-4/h14H,8-13H2,1-7H3/t14-/m0/s1. The molecule has 1 saturated heterocycles. The Kier molecular flexibility index (Phi) is 7.89. The summed E-state index contributed by atoms with van der Waals surface area (Å²) in [6.07, 6.45) is -0.106. The molecule has 0 spiro atoms. The Morgan fingerprint density at radius 3 is 2.37 bits per heavy atom. The van der Waals surface area contributed by atoms with E-state index in [9.17, 15) is 18.0 Å². The van der Waals surface area contributed by atoms with E-state index >= 15 is 0 Å². The molecular formula is C17H34N2O6SSi. The topological polar surface area (TPSA) is 93.2 Å². The van der Waals surface area contributed by atoms with Crippen LogP contribution in [-0.4, -0.2) is 75.5 Å². The lowest BCUT2D eigenvalue weighted by Crippen LogP contribution is -2.49. The summed E-state index contributed by atoms with van der Waals surface area (Å²) in [5, 5.41) is 0. The van der Waals surface area contributed by atoms with Gasteiger partial charge >= 0.3 is 6.09 Å². The van der Waals surface area contributed by atoms with E-state index in [0.29, 0.717) is 18.9 Å². The molecule has 1 atom stereocenters. The molecule has 0 N–H and O–H groups in total. The lowest BCUT2D eigenvalue weighted by molar-refractivity contribution is -0.133. The zero-order valence-corrected chi connectivity index (χ0v) is 19.4. The van der Waals surface area contributed by atoms with Gasteiger partial charge in [0.15, 0.2) is 0 Å². The Hall–Kier alpha value is -1.13. The maximum absolute atomic E-state index is 13.0. The SMILES string of the molecule is COCN1C(=O)CC[C@H]1CN(C(=O)OC(C)(C)C)S(=O)(=O)CC[Si](C)(C)C. The molecule has 10 heteroatoms. The summed E-state index contributed by atoms with van der Waals surface area (Å²) in [6, 6.07) is 0.131. The summed E-state index contributed by atoms with van der Waals surface area (Å²) < 4.78 is 37.1. The lowest BCUT2D eigenvalue weighted by atomic mass is 10.2. The number of nitrogens with zero attached hydrogens (tertiary/aromatic N) is 2. The normalized spacial score (nSPS) is 18.7. The number of likely N-dealkylation sites (tertiary alicyclic amines) is 1. The summed E-state index contributed by atoms with van der Waals surface area (Å²) in [5.74, 6) is -0.210. The Morgan fingerprint density at radius 1 is 1.30 bits per heavy atom. The van der Waals surface area contributed by atoms with Crippen LogP contribution in [0.25, 0.3) is 0 Å². The molecule has 0 aliphatic carbocycles. The van der Waals surface area contributed by atoms with Crippen molar-refractivity contribution in [2.75, 3.05) is 26.1 Å². The van der Waals surface area contributed by atoms with Crippen LogP contribution in [0.5, 0.6) is 0 Å². The highest BCUT2D eigenvalue weighted by atomic mass is 32.2. The molecule has 27 heavy (non-hydrogen) atoms. The van der Waals surface area contributed by atoms with Gasteiger partial charge in [-0.05, 0) is 33.2 Å². The Morgan fingerprint density at radius 2 is 1.89 bits per heavy atom. The van der Waals surface area contributed by atoms with Crippen molar-refractivity contribution >= 4 is 30.1 Å². The minimum absolute atomic E-state index is 0.0701. The molecular weight excluding hydrogens is 388 g/mol. The number of sulfonamides is 1. The zero-order chi connectivity index (χ0) is 21.0. The highest BCUT2D eigenvalue weighted by Crippen LogP contribution is 2.23. The minimum Gasteiger partial charge on any atom is -0.443 e. The Labute approximate surface area is 164 Å². The van der Waals surface area contributed by atoms with Gasteiger partial charge in [0.2, 0.25) is 15.9 Å². The number of methoxy groups -OCH3 is 1. The zero-order valence-electron chi connectivity index (χ0n) is 17.6. The second-order valence-electron chi connectivity index (χ2n) is 9.11. The van der Waals surface area contributed by atoms with Crippen molar-refractivity contribution in [1.29, 1.82) is 0 Å². The van der Waals surface area contributed by atoms with Gasteiger partial charge in [0, 0.05) is 21.6 Å². The molecule has 1 heterocycles. The van der Waals surface area contributed by atoms with Gasteiger partial charge in [-0.1, -0.05) is 19.6 Å². The van der Waals surface area contributed by atoms with E-state index < -0.39 is 35.8 Å². The fourth-order valence-corrected chi connectivity index (χ4v) is 7.02. The average Bonchev–Trinajstić information content (AvgIpc) is 2.81. The molecule has 158 valence electrons. The third kappa shape index (κ3) is 7.79. The van der Waals surface area contributed by atoms with Gasteiger partial charge in [-0.2, -0.15) is 0 Å². The van der Waals surface area contributed by atoms with Crippen LogP contribution in [0.1, 0.15) is 33.6 Å². The van der Waals surface area contributed by atoms with E-state index in [-0.39, 0.29) is 24.9 Å². The molecule has 0 unspecified atom stereocenters. The number of carbonyl (C=O) groups excluding carboxylic acids is 2. The van der Waals surface area contributed by atoms with Crippen molar-refractivity contribution < 1.29 is 27.5 Å². The predicted molar refractivity (Wildman–Crippen MR) is 107 cm³/mol. The fraction of sp³-hybridized carbons (Fsp3) is 0.882. The van der Waals surface area contributed by atoms with Crippen LogP contribution in [0.3, 0.4) is 0 Å². The molecule has 0 saturated carbocycles. The third-order valence-electron chi connectivity index (χ3n) is 4.14. The molecule has 1 aliphatic rings. The smallest absolute Gasteiger partial charge is 0.424 e. The summed E-state index contributed by atoms with van der Waals surface area (Å²) in [4.78, 5) is 26.2. The van der Waals surface area contributed by atoms with Crippen LogP contribution in [-0.2, 0) is 24.3 Å². The van der Waals surface area contributed by atoms with E-state index in [1.165, 1.54) is 12.0 Å². The summed E-state index contributed by atoms with van der Waals surface area (Å²) >= 11 is 0. The molecule has 1 rings (SSSR count). The highest BCUT2D eigenvalue weighted by molar-refractivity contribution is 7.89. The molecule has 0 aromatic heterocycles. The minimum atomic E-state index is -3.86. The lowest BCUT2D eigenvalue weighted by Gasteiger charge is -2.32. The van der Waals surface area contributed by atoms with Gasteiger partial charge < -0.3 is 14.4 Å². The van der Waals surface area contributed by atoms with E-state index in [1.54, 1.807) is 20.8 Å². The molecule has 1 fully saturated rings. The highest BCUT2D eigenvalue weighted by Gasteiger charge is 2.39. The van der Waals surface area contributed by atoms with E-state index in [0.717, 1.165) is 4.31 Å². The first kappa shape index (κ1) is 23.9. The van der Waals surface area contributed by atoms with Gasteiger partial charge in [-0.25, -0.2) is 17.5 Å². The van der Waals surface area contributed by atoms with Crippen molar-refractivity contribution in [2.24, 2.45) is 0 Å². The number of carbonyl (C=O) groups is 2. The second-order valence-corrected chi connectivity index (χ2v) is 16.7. The quantitative estimate of drug-likeness (QED) is 0.558. The second kappa shape index (κ2) is 8.91. The van der Waals surface area contributed by atoms with Crippen molar-refractivity contribution in [3.63, 3.8) is 0 Å². The number of amides is 2. The van der Waals surface area contributed by atoms with Crippen LogP contribution in [0.15, 0.2) is 0 Å². The Balaban J connectivity index is 3.07. The van der Waals surface area contributed by atoms with Crippen LogP contribution >= 0.6 is 0 Å². The van der Waals surface area contributed by atoms with Crippen LogP contribution in [0.2, 0.25) is 25.7 Å².